The average molecular weight is 297 g/mol. The number of nitrogens with zero attached hydrogens (tertiary/aromatic N) is 1. The van der Waals surface area contributed by atoms with Crippen LogP contribution in [0.1, 0.15) is 5.56 Å². The standard InChI is InChI=1S/C13H10ClFN2O3/c14-10-6-9(15)4-5-12(10)20-7-8-2-1-3-11(13(8)16)17(18)19/h1-6H,7,16H2. The molecule has 0 atom stereocenters. The van der Waals surface area contributed by atoms with E-state index in [1.54, 1.807) is 6.07 Å². The van der Waals surface area contributed by atoms with Gasteiger partial charge in [0.05, 0.1) is 9.95 Å². The molecular weight excluding hydrogens is 287 g/mol. The summed E-state index contributed by atoms with van der Waals surface area (Å²) in [5.74, 6) is -0.198. The number of anilines is 1. The van der Waals surface area contributed by atoms with Crippen LogP contribution in [0.2, 0.25) is 5.02 Å². The summed E-state index contributed by atoms with van der Waals surface area (Å²) >= 11 is 5.81. The molecule has 0 saturated heterocycles. The smallest absolute Gasteiger partial charge is 0.292 e. The third-order valence-corrected chi connectivity index (χ3v) is 2.94. The van der Waals surface area contributed by atoms with E-state index >= 15 is 0 Å². The quantitative estimate of drug-likeness (QED) is 0.531. The maximum atomic E-state index is 12.9. The van der Waals surface area contributed by atoms with Crippen molar-refractivity contribution < 1.29 is 14.1 Å². The zero-order valence-corrected chi connectivity index (χ0v) is 10.9. The molecule has 0 fully saturated rings. The van der Waals surface area contributed by atoms with Gasteiger partial charge >= 0.3 is 0 Å². The molecule has 0 spiro atoms. The van der Waals surface area contributed by atoms with E-state index in [1.807, 2.05) is 0 Å². The molecule has 2 aromatic carbocycles. The number of hydrogen-bond acceptors (Lipinski definition) is 4. The van der Waals surface area contributed by atoms with Crippen molar-refractivity contribution in [3.8, 4) is 5.75 Å². The molecule has 104 valence electrons. The topological polar surface area (TPSA) is 78.4 Å². The van der Waals surface area contributed by atoms with E-state index in [-0.39, 0.29) is 28.8 Å². The Balaban J connectivity index is 2.19. The first-order valence-electron chi connectivity index (χ1n) is 5.58. The average Bonchev–Trinajstić information content (AvgIpc) is 2.39. The number of nitro benzene ring substituents is 1. The summed E-state index contributed by atoms with van der Waals surface area (Å²) in [6.45, 7) is -0.00113. The van der Waals surface area contributed by atoms with E-state index in [9.17, 15) is 14.5 Å². The number of nitro groups is 1. The van der Waals surface area contributed by atoms with Crippen LogP contribution in [0.15, 0.2) is 36.4 Å². The van der Waals surface area contributed by atoms with Crippen LogP contribution in [-0.4, -0.2) is 4.92 Å². The van der Waals surface area contributed by atoms with Crippen LogP contribution in [0.3, 0.4) is 0 Å². The molecular formula is C13H10ClFN2O3. The van der Waals surface area contributed by atoms with Crippen LogP contribution in [0.4, 0.5) is 15.8 Å². The van der Waals surface area contributed by atoms with E-state index in [4.69, 9.17) is 22.1 Å². The van der Waals surface area contributed by atoms with E-state index in [0.717, 1.165) is 6.07 Å². The first-order chi connectivity index (χ1) is 9.49. The van der Waals surface area contributed by atoms with Crippen molar-refractivity contribution in [2.24, 2.45) is 0 Å². The second-order valence-electron chi connectivity index (χ2n) is 3.97. The molecule has 0 radical (unpaired) electrons. The molecule has 0 bridgehead atoms. The highest BCUT2D eigenvalue weighted by atomic mass is 35.5. The third kappa shape index (κ3) is 2.97. The highest BCUT2D eigenvalue weighted by molar-refractivity contribution is 6.32. The lowest BCUT2D eigenvalue weighted by Gasteiger charge is -2.10. The molecule has 0 aromatic heterocycles. The van der Waals surface area contributed by atoms with Crippen molar-refractivity contribution in [1.82, 2.24) is 0 Å². The Bertz CT molecular complexity index is 664. The minimum Gasteiger partial charge on any atom is -0.487 e. The first kappa shape index (κ1) is 14.1. The van der Waals surface area contributed by atoms with E-state index in [2.05, 4.69) is 0 Å². The minimum absolute atomic E-state index is 0.00113. The summed E-state index contributed by atoms with van der Waals surface area (Å²) < 4.78 is 18.3. The van der Waals surface area contributed by atoms with Crippen molar-refractivity contribution in [3.63, 3.8) is 0 Å². The summed E-state index contributed by atoms with van der Waals surface area (Å²) in [5, 5.41) is 10.9. The Morgan fingerprint density at radius 2 is 2.10 bits per heavy atom. The Hall–Kier alpha value is -2.34. The van der Waals surface area contributed by atoms with Gasteiger partial charge in [-0.1, -0.05) is 23.7 Å². The lowest BCUT2D eigenvalue weighted by molar-refractivity contribution is -0.384. The maximum absolute atomic E-state index is 12.9. The third-order valence-electron chi connectivity index (χ3n) is 2.65. The zero-order valence-electron chi connectivity index (χ0n) is 10.2. The predicted molar refractivity (Wildman–Crippen MR) is 73.3 cm³/mol. The lowest BCUT2D eigenvalue weighted by Crippen LogP contribution is -2.03. The predicted octanol–water partition coefficient (Wildman–Crippen LogP) is 3.55. The summed E-state index contributed by atoms with van der Waals surface area (Å²) in [5.41, 5.74) is 6.01. The van der Waals surface area contributed by atoms with Crippen molar-refractivity contribution in [1.29, 1.82) is 0 Å². The van der Waals surface area contributed by atoms with Crippen LogP contribution in [0.25, 0.3) is 0 Å². The lowest BCUT2D eigenvalue weighted by atomic mass is 10.1. The van der Waals surface area contributed by atoms with Crippen LogP contribution < -0.4 is 10.5 Å². The number of hydrogen-bond donors (Lipinski definition) is 1. The second kappa shape index (κ2) is 5.75. The minimum atomic E-state index is -0.566. The molecule has 0 saturated carbocycles. The largest absolute Gasteiger partial charge is 0.487 e. The van der Waals surface area contributed by atoms with Gasteiger partial charge in [0.2, 0.25) is 0 Å². The molecule has 2 N–H and O–H groups in total. The van der Waals surface area contributed by atoms with E-state index in [0.29, 0.717) is 5.56 Å². The molecule has 0 heterocycles. The van der Waals surface area contributed by atoms with Gasteiger partial charge < -0.3 is 10.5 Å². The van der Waals surface area contributed by atoms with Gasteiger partial charge in [-0.2, -0.15) is 0 Å². The zero-order chi connectivity index (χ0) is 14.7. The molecule has 2 aromatic rings. The highest BCUT2D eigenvalue weighted by Gasteiger charge is 2.14. The Morgan fingerprint density at radius 1 is 1.35 bits per heavy atom. The monoisotopic (exact) mass is 296 g/mol. The van der Waals surface area contributed by atoms with Crippen molar-refractivity contribution in [2.75, 3.05) is 5.73 Å². The normalized spacial score (nSPS) is 10.3. The van der Waals surface area contributed by atoms with Crippen molar-refractivity contribution in [2.45, 2.75) is 6.61 Å². The van der Waals surface area contributed by atoms with Crippen LogP contribution in [0, 0.1) is 15.9 Å². The summed E-state index contributed by atoms with van der Waals surface area (Å²) in [7, 11) is 0. The molecule has 2 rings (SSSR count). The maximum Gasteiger partial charge on any atom is 0.292 e. The Labute approximate surface area is 118 Å². The highest BCUT2D eigenvalue weighted by Crippen LogP contribution is 2.29. The van der Waals surface area contributed by atoms with Gasteiger partial charge in [0.15, 0.2) is 0 Å². The fourth-order valence-corrected chi connectivity index (χ4v) is 1.85. The fourth-order valence-electron chi connectivity index (χ4n) is 1.63. The van der Waals surface area contributed by atoms with Gasteiger partial charge in [-0.25, -0.2) is 4.39 Å². The van der Waals surface area contributed by atoms with E-state index < -0.39 is 10.7 Å². The number of para-hydroxylation sites is 1. The number of nitrogens with two attached hydrogens (primary N) is 1. The van der Waals surface area contributed by atoms with Gasteiger partial charge in [0, 0.05) is 11.6 Å². The van der Waals surface area contributed by atoms with E-state index in [1.165, 1.54) is 24.3 Å². The summed E-state index contributed by atoms with van der Waals surface area (Å²) in [4.78, 5) is 10.2. The van der Waals surface area contributed by atoms with Crippen molar-refractivity contribution in [3.05, 3.63) is 62.9 Å². The number of nitrogen functional groups attached to an aromatic ring is 1. The number of halogens is 2. The van der Waals surface area contributed by atoms with Crippen molar-refractivity contribution >= 4 is 23.0 Å². The SMILES string of the molecule is Nc1c(COc2ccc(F)cc2Cl)cccc1[N+](=O)[O-]. The molecule has 5 nitrogen and oxygen atoms in total. The van der Waals surface area contributed by atoms with Gasteiger partial charge in [0.25, 0.3) is 5.69 Å². The van der Waals surface area contributed by atoms with Gasteiger partial charge in [-0.05, 0) is 18.2 Å². The molecule has 0 aliphatic carbocycles. The first-order valence-corrected chi connectivity index (χ1v) is 5.96. The fraction of sp³-hybridized carbons (Fsp3) is 0.0769. The molecule has 0 unspecified atom stereocenters. The van der Waals surface area contributed by atoms with Crippen LogP contribution >= 0.6 is 11.6 Å². The van der Waals surface area contributed by atoms with Gasteiger partial charge in [-0.3, -0.25) is 10.1 Å². The number of benzene rings is 2. The summed E-state index contributed by atoms with van der Waals surface area (Å²) in [6.07, 6.45) is 0. The van der Waals surface area contributed by atoms with Crippen LogP contribution in [-0.2, 0) is 6.61 Å². The second-order valence-corrected chi connectivity index (χ2v) is 4.38. The van der Waals surface area contributed by atoms with Gasteiger partial charge in [-0.15, -0.1) is 0 Å². The number of rotatable bonds is 4. The van der Waals surface area contributed by atoms with Gasteiger partial charge in [0.1, 0.15) is 23.9 Å². The Morgan fingerprint density at radius 3 is 2.75 bits per heavy atom. The van der Waals surface area contributed by atoms with Crippen LogP contribution in [0.5, 0.6) is 5.75 Å². The summed E-state index contributed by atoms with van der Waals surface area (Å²) in [6, 6.07) is 8.14. The number of ether oxygens (including phenoxy) is 1. The molecule has 0 aliphatic heterocycles. The molecule has 7 heteroatoms. The Kier molecular flexibility index (Phi) is 4.05. The molecule has 0 amide bonds. The molecule has 20 heavy (non-hydrogen) atoms. The molecule has 0 aliphatic rings.